The van der Waals surface area contributed by atoms with Crippen molar-refractivity contribution in [1.29, 1.82) is 0 Å². The Labute approximate surface area is 153 Å². The molecule has 4 rings (SSSR count). The molecule has 0 amide bonds. The molecular weight excluding hydrogens is 322 g/mol. The van der Waals surface area contributed by atoms with Crippen LogP contribution in [0.15, 0.2) is 53.9 Å². The van der Waals surface area contributed by atoms with Crippen LogP contribution in [0.4, 0.5) is 0 Å². The van der Waals surface area contributed by atoms with E-state index < -0.39 is 0 Å². The van der Waals surface area contributed by atoms with Crippen molar-refractivity contribution in [3.63, 3.8) is 0 Å². The Morgan fingerprint density at radius 3 is 2.81 bits per heavy atom. The number of hydrogen-bond donors (Lipinski definition) is 0. The zero-order chi connectivity index (χ0) is 18.1. The molecule has 26 heavy (non-hydrogen) atoms. The van der Waals surface area contributed by atoms with Crippen LogP contribution < -0.4 is 0 Å². The molecule has 5 heteroatoms. The van der Waals surface area contributed by atoms with E-state index in [0.29, 0.717) is 0 Å². The summed E-state index contributed by atoms with van der Waals surface area (Å²) in [5.41, 5.74) is 4.69. The highest BCUT2D eigenvalue weighted by Gasteiger charge is 2.36. The largest absolute Gasteiger partial charge is 0.284 e. The predicted molar refractivity (Wildman–Crippen MR) is 103 cm³/mol. The lowest BCUT2D eigenvalue weighted by Gasteiger charge is -2.34. The van der Waals surface area contributed by atoms with Crippen LogP contribution in [0.25, 0.3) is 5.82 Å². The van der Waals surface area contributed by atoms with Crippen molar-refractivity contribution >= 4 is 6.21 Å². The average molecular weight is 345 g/mol. The number of nitrogens with zero attached hydrogens (tertiary/aromatic N) is 5. The van der Waals surface area contributed by atoms with Crippen molar-refractivity contribution in [2.45, 2.75) is 39.7 Å². The van der Waals surface area contributed by atoms with Gasteiger partial charge in [-0.05, 0) is 43.4 Å². The second-order valence-corrected chi connectivity index (χ2v) is 7.67. The molecule has 0 spiro atoms. The Morgan fingerprint density at radius 2 is 2.08 bits per heavy atom. The summed E-state index contributed by atoms with van der Waals surface area (Å²) in [7, 11) is 0. The van der Waals surface area contributed by atoms with Crippen LogP contribution in [0, 0.1) is 12.3 Å². The molecular formula is C21H23N5. The summed E-state index contributed by atoms with van der Waals surface area (Å²) >= 11 is 0. The predicted octanol–water partition coefficient (Wildman–Crippen LogP) is 4.10. The fraction of sp³-hybridized carbons (Fsp3) is 0.333. The van der Waals surface area contributed by atoms with E-state index in [1.807, 2.05) is 53.6 Å². The maximum atomic E-state index is 4.92. The minimum atomic E-state index is 0.103. The van der Waals surface area contributed by atoms with Crippen molar-refractivity contribution in [3.05, 3.63) is 71.4 Å². The summed E-state index contributed by atoms with van der Waals surface area (Å²) in [6.45, 7) is 6.67. The maximum Gasteiger partial charge on any atom is 0.153 e. The summed E-state index contributed by atoms with van der Waals surface area (Å²) in [5.74, 6) is 0.865. The van der Waals surface area contributed by atoms with Gasteiger partial charge in [-0.1, -0.05) is 26.0 Å². The normalized spacial score (nSPS) is 18.8. The van der Waals surface area contributed by atoms with Gasteiger partial charge in [0.25, 0.3) is 0 Å². The van der Waals surface area contributed by atoms with E-state index in [1.165, 1.54) is 11.3 Å². The first-order valence-corrected chi connectivity index (χ1v) is 8.96. The fourth-order valence-electron chi connectivity index (χ4n) is 3.77. The summed E-state index contributed by atoms with van der Waals surface area (Å²) < 4.78 is 2.00. The van der Waals surface area contributed by atoms with Crippen molar-refractivity contribution < 1.29 is 0 Å². The lowest BCUT2D eigenvalue weighted by atomic mass is 9.74. The fourth-order valence-corrected chi connectivity index (χ4v) is 3.77. The van der Waals surface area contributed by atoms with Gasteiger partial charge in [0.1, 0.15) is 0 Å². The maximum absolute atomic E-state index is 4.92. The SMILES string of the molecule is Cc1nn(-c2ccccn2)c2c1C(N=Cc1cccnc1)CC(C)(C)C2. The molecule has 1 unspecified atom stereocenters. The summed E-state index contributed by atoms with van der Waals surface area (Å²) in [4.78, 5) is 13.6. The first-order valence-electron chi connectivity index (χ1n) is 8.96. The lowest BCUT2D eigenvalue weighted by Crippen LogP contribution is -2.26. The smallest absolute Gasteiger partial charge is 0.153 e. The van der Waals surface area contributed by atoms with Gasteiger partial charge in [0, 0.05) is 35.9 Å². The van der Waals surface area contributed by atoms with E-state index in [1.54, 1.807) is 6.20 Å². The summed E-state index contributed by atoms with van der Waals surface area (Å²) in [6.07, 6.45) is 9.33. The number of fused-ring (bicyclic) bond motifs is 1. The highest BCUT2D eigenvalue weighted by molar-refractivity contribution is 5.79. The van der Waals surface area contributed by atoms with Gasteiger partial charge in [0.05, 0.1) is 17.4 Å². The van der Waals surface area contributed by atoms with Crippen molar-refractivity contribution in [2.24, 2.45) is 10.4 Å². The van der Waals surface area contributed by atoms with Gasteiger partial charge < -0.3 is 0 Å². The Balaban J connectivity index is 1.78. The molecule has 3 aromatic rings. The third kappa shape index (κ3) is 3.17. The molecule has 5 nitrogen and oxygen atoms in total. The van der Waals surface area contributed by atoms with E-state index in [2.05, 4.69) is 30.7 Å². The molecule has 0 aliphatic heterocycles. The number of aryl methyl sites for hydroxylation is 1. The Hall–Kier alpha value is -2.82. The van der Waals surface area contributed by atoms with E-state index in [-0.39, 0.29) is 11.5 Å². The molecule has 0 N–H and O–H groups in total. The van der Waals surface area contributed by atoms with Crippen LogP contribution in [0.1, 0.15) is 48.8 Å². The third-order valence-electron chi connectivity index (χ3n) is 4.89. The number of hydrogen-bond acceptors (Lipinski definition) is 4. The highest BCUT2D eigenvalue weighted by Crippen LogP contribution is 2.44. The van der Waals surface area contributed by atoms with Crippen LogP contribution in [0.3, 0.4) is 0 Å². The molecule has 0 saturated carbocycles. The van der Waals surface area contributed by atoms with Gasteiger partial charge in [-0.25, -0.2) is 9.67 Å². The van der Waals surface area contributed by atoms with Gasteiger partial charge >= 0.3 is 0 Å². The number of pyridine rings is 2. The number of aromatic nitrogens is 4. The first-order chi connectivity index (χ1) is 12.5. The van der Waals surface area contributed by atoms with Gasteiger partial charge in [0.2, 0.25) is 0 Å². The van der Waals surface area contributed by atoms with Gasteiger partial charge in [-0.15, -0.1) is 0 Å². The Morgan fingerprint density at radius 1 is 1.19 bits per heavy atom. The van der Waals surface area contributed by atoms with Crippen LogP contribution in [-0.2, 0) is 6.42 Å². The lowest BCUT2D eigenvalue weighted by molar-refractivity contribution is 0.278. The molecule has 0 aromatic carbocycles. The third-order valence-corrected chi connectivity index (χ3v) is 4.89. The standard InChI is InChI=1S/C21H23N5/c1-15-20-17(24-14-16-7-6-9-22-13-16)11-21(2,3)12-18(20)26(25-15)19-8-4-5-10-23-19/h4-10,13-14,17H,11-12H2,1-3H3. The van der Waals surface area contributed by atoms with E-state index in [0.717, 1.165) is 29.9 Å². The zero-order valence-electron chi connectivity index (χ0n) is 15.4. The molecule has 132 valence electrons. The quantitative estimate of drug-likeness (QED) is 0.672. The molecule has 0 saturated heterocycles. The van der Waals surface area contributed by atoms with Crippen LogP contribution in [0.2, 0.25) is 0 Å². The van der Waals surface area contributed by atoms with E-state index in [4.69, 9.17) is 10.1 Å². The van der Waals surface area contributed by atoms with E-state index in [9.17, 15) is 0 Å². The molecule has 0 radical (unpaired) electrons. The first kappa shape index (κ1) is 16.6. The highest BCUT2D eigenvalue weighted by atomic mass is 15.3. The molecule has 1 aliphatic rings. The second kappa shape index (κ2) is 6.48. The van der Waals surface area contributed by atoms with Gasteiger partial charge in [-0.3, -0.25) is 9.98 Å². The van der Waals surface area contributed by atoms with Crippen molar-refractivity contribution in [3.8, 4) is 5.82 Å². The molecule has 0 bridgehead atoms. The van der Waals surface area contributed by atoms with Crippen LogP contribution in [-0.4, -0.2) is 26.0 Å². The molecule has 1 atom stereocenters. The minimum Gasteiger partial charge on any atom is -0.284 e. The van der Waals surface area contributed by atoms with E-state index >= 15 is 0 Å². The number of rotatable bonds is 3. The average Bonchev–Trinajstić information content (AvgIpc) is 2.96. The van der Waals surface area contributed by atoms with Crippen LogP contribution in [0.5, 0.6) is 0 Å². The number of aliphatic imine (C=N–C) groups is 1. The molecule has 1 aliphatic carbocycles. The minimum absolute atomic E-state index is 0.103. The van der Waals surface area contributed by atoms with Crippen molar-refractivity contribution in [1.82, 2.24) is 19.7 Å². The van der Waals surface area contributed by atoms with Crippen LogP contribution >= 0.6 is 0 Å². The molecule has 3 heterocycles. The summed E-state index contributed by atoms with van der Waals surface area (Å²) in [6, 6.07) is 9.99. The van der Waals surface area contributed by atoms with Gasteiger partial charge in [-0.2, -0.15) is 5.10 Å². The Bertz CT molecular complexity index is 926. The van der Waals surface area contributed by atoms with Gasteiger partial charge in [0.15, 0.2) is 5.82 Å². The zero-order valence-corrected chi connectivity index (χ0v) is 15.4. The topological polar surface area (TPSA) is 56.0 Å². The monoisotopic (exact) mass is 345 g/mol. The van der Waals surface area contributed by atoms with Crippen molar-refractivity contribution in [2.75, 3.05) is 0 Å². The Kier molecular flexibility index (Phi) is 4.15. The molecule has 0 fully saturated rings. The second-order valence-electron chi connectivity index (χ2n) is 7.67. The summed E-state index contributed by atoms with van der Waals surface area (Å²) in [5, 5.41) is 4.80. The molecule has 3 aromatic heterocycles.